The number of rotatable bonds is 35. The van der Waals surface area contributed by atoms with E-state index in [0.29, 0.717) is 11.1 Å². The largest absolute Gasteiger partial charge is 0.485 e. The van der Waals surface area contributed by atoms with Crippen molar-refractivity contribution in [3.63, 3.8) is 0 Å². The molecule has 0 saturated carbocycles. The summed E-state index contributed by atoms with van der Waals surface area (Å²) in [5.74, 6) is -2.51. The van der Waals surface area contributed by atoms with Crippen LogP contribution in [0.2, 0.25) is 0 Å². The molecule has 5 atom stereocenters. The standard InChI is InChI=1S/C104H88O18/c105-101(83-56-86(108-60-72-34-12-1-13-35-72)93(112-64-76-42-20-5-21-43-76)87(57-83)109-61-73-36-14-2-15-37-73)122-104-100(118-70-82-54-32-11-33-55-82)99-96(115-67-79-48-26-8-27-49-79)90(120-104)71-119-102(106)84-58-88(110-62-74-38-16-3-17-39-74)94(113-65-77-44-22-6-23-45-77)97(116-68-80-50-28-9-29-51-80)91(84)92-85(103(107)121-99)59-89(111-63-75-40-18-4-19-41-75)95(114-66-78-46-24-7-25-47-78)98(92)117-69-81-52-30-10-31-53-81/h1-59,90,96,99-100,104H,60-71H2/t90-,96-,99+,100-,104+/m1/s1. The Morgan fingerprint density at radius 1 is 0.279 bits per heavy atom. The lowest BCUT2D eigenvalue weighted by Crippen LogP contribution is -2.62. The van der Waals surface area contributed by atoms with Gasteiger partial charge in [0.15, 0.2) is 46.7 Å². The Labute approximate surface area is 708 Å². The van der Waals surface area contributed by atoms with Crippen LogP contribution in [0.4, 0.5) is 0 Å². The van der Waals surface area contributed by atoms with E-state index >= 15 is 14.4 Å². The first-order valence-electron chi connectivity index (χ1n) is 40.4. The summed E-state index contributed by atoms with van der Waals surface area (Å²) in [6.07, 6.45) is -7.93. The number of esters is 3. The van der Waals surface area contributed by atoms with Crippen molar-refractivity contribution in [2.45, 2.75) is 103 Å². The number of fused-ring (bicyclic) bond motifs is 5. The summed E-state index contributed by atoms with van der Waals surface area (Å²) in [5.41, 5.74) is 7.77. The van der Waals surface area contributed by atoms with E-state index in [1.54, 1.807) is 0 Å². The summed E-state index contributed by atoms with van der Waals surface area (Å²) in [7, 11) is 0. The zero-order valence-electron chi connectivity index (χ0n) is 66.8. The second-order valence-corrected chi connectivity index (χ2v) is 29.1. The van der Waals surface area contributed by atoms with E-state index in [9.17, 15) is 0 Å². The number of hydrogen-bond donors (Lipinski definition) is 0. The van der Waals surface area contributed by atoms with Crippen LogP contribution >= 0.6 is 0 Å². The van der Waals surface area contributed by atoms with Crippen molar-refractivity contribution in [1.82, 2.24) is 0 Å². The molecule has 18 nitrogen and oxygen atoms in total. The van der Waals surface area contributed by atoms with Gasteiger partial charge in [-0.05, 0) is 85.5 Å². The van der Waals surface area contributed by atoms with Crippen LogP contribution in [0, 0.1) is 0 Å². The Bertz CT molecular complexity index is 5640. The fraction of sp³-hybridized carbons (Fsp3) is 0.163. The first-order valence-corrected chi connectivity index (χ1v) is 40.4. The Morgan fingerprint density at radius 2 is 0.533 bits per heavy atom. The summed E-state index contributed by atoms with van der Waals surface area (Å²) >= 11 is 0. The van der Waals surface area contributed by atoms with Crippen LogP contribution in [0.5, 0.6) is 51.7 Å². The maximum absolute atomic E-state index is 17.6. The van der Waals surface area contributed by atoms with Crippen molar-refractivity contribution in [3.8, 4) is 62.9 Å². The number of ether oxygens (including phenoxy) is 15. The second kappa shape index (κ2) is 40.8. The van der Waals surface area contributed by atoms with Gasteiger partial charge in [-0.3, -0.25) is 0 Å². The topological polar surface area (TPSA) is 190 Å². The zero-order valence-corrected chi connectivity index (χ0v) is 66.8. The van der Waals surface area contributed by atoms with E-state index in [4.69, 9.17) is 71.1 Å². The Morgan fingerprint density at radius 3 is 0.844 bits per heavy atom. The SMILES string of the molecule is O=C(O[C@@H]1O[C@@H]2COC(=O)c3cc(OCc4ccccc4)c(OCc4ccccc4)c(OCc4ccccc4)c3-c3c(cc(OCc4ccccc4)c(OCc4ccccc4)c3OCc3ccccc3)C(=O)O[C@H]([C@H]1OCc1ccccc1)[C@@H]2OCc1ccccc1)c1cc(OCc2ccccc2)c(OCc2ccccc2)c(OCc2ccccc2)c1. The van der Waals surface area contributed by atoms with Gasteiger partial charge in [0.2, 0.25) is 23.5 Å². The van der Waals surface area contributed by atoms with E-state index in [0.717, 1.165) is 50.1 Å². The smallest absolute Gasteiger partial charge is 0.340 e. The van der Waals surface area contributed by atoms with Gasteiger partial charge in [0, 0.05) is 11.1 Å². The molecule has 0 unspecified atom stereocenters. The third-order valence-electron chi connectivity index (χ3n) is 20.4. The third kappa shape index (κ3) is 21.2. The first-order chi connectivity index (χ1) is 60.2. The molecular weight excluding hydrogens is 1540 g/mol. The average molecular weight is 1630 g/mol. The van der Waals surface area contributed by atoms with Crippen LogP contribution in [-0.4, -0.2) is 55.2 Å². The quantitative estimate of drug-likeness (QED) is 0.0269. The number of carbonyl (C=O) groups excluding carboxylic acids is 3. The summed E-state index contributed by atoms with van der Waals surface area (Å²) in [4.78, 5) is 50.5. The van der Waals surface area contributed by atoms with Crippen LogP contribution < -0.4 is 42.6 Å². The average Bonchev–Trinajstić information content (AvgIpc) is 0.731. The molecule has 0 spiro atoms. The van der Waals surface area contributed by atoms with E-state index in [1.807, 2.05) is 334 Å². The number of benzene rings is 14. The highest BCUT2D eigenvalue weighted by Gasteiger charge is 2.53. The number of carbonyl (C=O) groups is 3. The molecule has 1 fully saturated rings. The van der Waals surface area contributed by atoms with Gasteiger partial charge in [-0.1, -0.05) is 334 Å². The van der Waals surface area contributed by atoms with Crippen molar-refractivity contribution in [2.75, 3.05) is 6.61 Å². The van der Waals surface area contributed by atoms with Gasteiger partial charge in [0.25, 0.3) is 0 Å². The molecule has 0 aromatic heterocycles. The van der Waals surface area contributed by atoms with Crippen LogP contribution in [0.3, 0.4) is 0 Å². The fourth-order valence-electron chi connectivity index (χ4n) is 14.2. The molecule has 14 aromatic carbocycles. The number of hydrogen-bond acceptors (Lipinski definition) is 18. The Kier molecular flexibility index (Phi) is 27.2. The second-order valence-electron chi connectivity index (χ2n) is 29.1. The molecule has 1 saturated heterocycles. The van der Waals surface area contributed by atoms with Gasteiger partial charge in [-0.2, -0.15) is 0 Å². The maximum Gasteiger partial charge on any atom is 0.340 e. The highest BCUT2D eigenvalue weighted by molar-refractivity contribution is 6.09. The number of cyclic esters (lactones) is 1. The van der Waals surface area contributed by atoms with E-state index in [1.165, 1.54) is 24.3 Å². The summed E-state index contributed by atoms with van der Waals surface area (Å²) in [5, 5.41) is 0. The van der Waals surface area contributed by atoms with Crippen LogP contribution in [0.25, 0.3) is 11.1 Å². The molecule has 16 rings (SSSR count). The minimum atomic E-state index is -1.82. The van der Waals surface area contributed by atoms with E-state index in [-0.39, 0.29) is 152 Å². The zero-order chi connectivity index (χ0) is 82.9. The minimum absolute atomic E-state index is 0.0214. The Hall–Kier alpha value is -14.4. The lowest BCUT2D eigenvalue weighted by molar-refractivity contribution is -0.304. The van der Waals surface area contributed by atoms with Gasteiger partial charge >= 0.3 is 17.9 Å². The van der Waals surface area contributed by atoms with E-state index in [2.05, 4.69) is 0 Å². The van der Waals surface area contributed by atoms with Crippen molar-refractivity contribution in [2.24, 2.45) is 0 Å². The molecular formula is C104H88O18. The molecule has 2 bridgehead atoms. The van der Waals surface area contributed by atoms with Crippen LogP contribution in [0.1, 0.15) is 92.3 Å². The molecule has 2 heterocycles. The highest BCUT2D eigenvalue weighted by Crippen LogP contribution is 2.57. The third-order valence-corrected chi connectivity index (χ3v) is 20.4. The molecule has 122 heavy (non-hydrogen) atoms. The summed E-state index contributed by atoms with van der Waals surface area (Å²) in [6, 6.07) is 111. The summed E-state index contributed by atoms with van der Waals surface area (Å²) < 4.78 is 106. The molecule has 14 aromatic rings. The van der Waals surface area contributed by atoms with Crippen LogP contribution in [0.15, 0.2) is 358 Å². The predicted octanol–water partition coefficient (Wildman–Crippen LogP) is 21.0. The van der Waals surface area contributed by atoms with Crippen molar-refractivity contribution >= 4 is 17.9 Å². The molecule has 18 heteroatoms. The van der Waals surface area contributed by atoms with Crippen molar-refractivity contribution in [3.05, 3.63) is 436 Å². The van der Waals surface area contributed by atoms with Gasteiger partial charge in [0.05, 0.1) is 29.9 Å². The van der Waals surface area contributed by atoms with Crippen molar-refractivity contribution in [1.29, 1.82) is 0 Å². The highest BCUT2D eigenvalue weighted by atomic mass is 16.7. The van der Waals surface area contributed by atoms with Crippen molar-refractivity contribution < 1.29 is 85.4 Å². The maximum atomic E-state index is 17.6. The minimum Gasteiger partial charge on any atom is -0.485 e. The van der Waals surface area contributed by atoms with Gasteiger partial charge in [0.1, 0.15) is 78.3 Å². The lowest BCUT2D eigenvalue weighted by Gasteiger charge is -2.45. The lowest BCUT2D eigenvalue weighted by atomic mass is 9.91. The van der Waals surface area contributed by atoms with Crippen LogP contribution in [-0.2, 0) is 101 Å². The normalized spacial score (nSPS) is 15.4. The molecule has 0 N–H and O–H groups in total. The molecule has 612 valence electrons. The molecule has 0 amide bonds. The monoisotopic (exact) mass is 1620 g/mol. The molecule has 0 radical (unpaired) electrons. The van der Waals surface area contributed by atoms with Gasteiger partial charge in [-0.25, -0.2) is 14.4 Å². The first kappa shape index (κ1) is 81.3. The molecule has 2 aliphatic rings. The van der Waals surface area contributed by atoms with Gasteiger partial charge in [-0.15, -0.1) is 0 Å². The summed E-state index contributed by atoms with van der Waals surface area (Å²) in [6.45, 7) is -1.15. The predicted molar refractivity (Wildman–Crippen MR) is 459 cm³/mol. The molecule has 0 aliphatic carbocycles. The Balaban J connectivity index is 0.916. The molecule has 2 aliphatic heterocycles. The fourth-order valence-corrected chi connectivity index (χ4v) is 14.2. The van der Waals surface area contributed by atoms with Gasteiger partial charge < -0.3 is 71.1 Å². The van der Waals surface area contributed by atoms with E-state index < -0.39 is 55.2 Å².